The summed E-state index contributed by atoms with van der Waals surface area (Å²) in [5.41, 5.74) is 1.51. The second kappa shape index (κ2) is 8.96. The van der Waals surface area contributed by atoms with Gasteiger partial charge in [0.1, 0.15) is 0 Å². The standard InChI is InChI=1S/C18H21BO4P2/c20-13(7-6-12-4-2-1-3-5-12)8-9-14-15-10-18(21)23-16(15)11-17(14)24-25-19-22/h1-5,8-9,14-17,24-25H,6-7,10-11H2/t14-,15-,16?,17-/m1/s1. The number of esters is 1. The van der Waals surface area contributed by atoms with E-state index < -0.39 is 0 Å². The Morgan fingerprint density at radius 1 is 1.32 bits per heavy atom. The van der Waals surface area contributed by atoms with Gasteiger partial charge in [-0.15, -0.1) is 0 Å². The number of carbonyl (C=O) groups excluding carboxylic acids is 2. The summed E-state index contributed by atoms with van der Waals surface area (Å²) >= 11 is 0. The van der Waals surface area contributed by atoms with E-state index in [9.17, 15) is 14.3 Å². The second-order valence-electron chi connectivity index (χ2n) is 6.53. The Hall–Kier alpha value is -1.18. The molecule has 0 spiro atoms. The Bertz CT molecular complexity index is 664. The third kappa shape index (κ3) is 4.93. The minimum absolute atomic E-state index is 0.0319. The van der Waals surface area contributed by atoms with Gasteiger partial charge in [0.15, 0.2) is 0 Å². The summed E-state index contributed by atoms with van der Waals surface area (Å²) in [7, 11) is 0.857. The van der Waals surface area contributed by atoms with Gasteiger partial charge in [-0.25, -0.2) is 0 Å². The van der Waals surface area contributed by atoms with Crippen molar-refractivity contribution in [1.29, 1.82) is 0 Å². The zero-order valence-electron chi connectivity index (χ0n) is 13.9. The van der Waals surface area contributed by atoms with E-state index in [2.05, 4.69) is 0 Å². The molecule has 3 rings (SSSR count). The maximum atomic E-state index is 12.2. The molecule has 0 aromatic heterocycles. The molecule has 130 valence electrons. The Morgan fingerprint density at radius 3 is 2.88 bits per heavy atom. The molecule has 1 aromatic carbocycles. The molecule has 0 N–H and O–H groups in total. The Morgan fingerprint density at radius 2 is 2.12 bits per heavy atom. The number of ketones is 1. The zero-order chi connectivity index (χ0) is 17.6. The molecule has 1 heterocycles. The predicted octanol–water partition coefficient (Wildman–Crippen LogP) is 3.30. The molecular formula is C18H21BO4P2. The summed E-state index contributed by atoms with van der Waals surface area (Å²) < 4.78 is 16.1. The van der Waals surface area contributed by atoms with Gasteiger partial charge in [0.05, 0.1) is 0 Å². The van der Waals surface area contributed by atoms with Crippen molar-refractivity contribution in [3.63, 3.8) is 0 Å². The molecule has 0 radical (unpaired) electrons. The van der Waals surface area contributed by atoms with Crippen LogP contribution in [-0.2, 0) is 25.5 Å². The van der Waals surface area contributed by atoms with Gasteiger partial charge in [-0.2, -0.15) is 0 Å². The van der Waals surface area contributed by atoms with E-state index in [1.165, 1.54) is 0 Å². The SMILES string of the molecule is O=BPP[C@@H]1CC2OC(=O)C[C@@H]2[C@H]1C=CC(=O)CCc1ccccc1. The van der Waals surface area contributed by atoms with Gasteiger partial charge in [0, 0.05) is 0 Å². The first-order valence-corrected chi connectivity index (χ1v) is 11.7. The van der Waals surface area contributed by atoms with Gasteiger partial charge < -0.3 is 0 Å². The summed E-state index contributed by atoms with van der Waals surface area (Å²) in [6.45, 7) is 0.977. The van der Waals surface area contributed by atoms with Gasteiger partial charge in [0.25, 0.3) is 0 Å². The molecule has 6 atom stereocenters. The molecular weight excluding hydrogens is 353 g/mol. The third-order valence-electron chi connectivity index (χ3n) is 4.94. The average molecular weight is 374 g/mol. The number of fused-ring (bicyclic) bond motifs is 1. The average Bonchev–Trinajstić information content (AvgIpc) is 3.13. The quantitative estimate of drug-likeness (QED) is 0.303. The molecule has 2 aliphatic rings. The van der Waals surface area contributed by atoms with E-state index in [0.29, 0.717) is 34.9 Å². The van der Waals surface area contributed by atoms with E-state index in [1.54, 1.807) is 6.08 Å². The van der Waals surface area contributed by atoms with Gasteiger partial charge >= 0.3 is 145 Å². The molecule has 2 fully saturated rings. The van der Waals surface area contributed by atoms with Crippen LogP contribution < -0.4 is 0 Å². The van der Waals surface area contributed by atoms with Gasteiger partial charge in [-0.3, -0.25) is 0 Å². The first kappa shape index (κ1) is 18.6. The van der Waals surface area contributed by atoms with Gasteiger partial charge in [-0.1, -0.05) is 6.07 Å². The van der Waals surface area contributed by atoms with Crippen molar-refractivity contribution >= 4 is 35.0 Å². The van der Waals surface area contributed by atoms with Crippen LogP contribution in [0.5, 0.6) is 0 Å². The van der Waals surface area contributed by atoms with Crippen LogP contribution in [0, 0.1) is 11.8 Å². The van der Waals surface area contributed by atoms with Crippen LogP contribution >= 0.6 is 16.4 Å². The Balaban J connectivity index is 1.59. The fraction of sp³-hybridized carbons (Fsp3) is 0.444. The molecule has 4 nitrogen and oxygen atoms in total. The van der Waals surface area contributed by atoms with Crippen LogP contribution in [0.1, 0.15) is 24.8 Å². The number of ether oxygens (including phenoxy) is 1. The first-order chi connectivity index (χ1) is 12.2. The molecule has 3 unspecified atom stereocenters. The van der Waals surface area contributed by atoms with E-state index in [-0.39, 0.29) is 29.7 Å². The molecule has 7 heteroatoms. The molecule has 25 heavy (non-hydrogen) atoms. The van der Waals surface area contributed by atoms with Gasteiger partial charge in [0.2, 0.25) is 0 Å². The van der Waals surface area contributed by atoms with Crippen LogP contribution in [0.25, 0.3) is 0 Å². The van der Waals surface area contributed by atoms with Crippen LogP contribution in [-0.4, -0.2) is 30.4 Å². The van der Waals surface area contributed by atoms with E-state index >= 15 is 0 Å². The van der Waals surface area contributed by atoms with E-state index in [4.69, 9.17) is 4.74 Å². The summed E-state index contributed by atoms with van der Waals surface area (Å²) in [4.78, 5) is 23.8. The normalized spacial score (nSPS) is 28.9. The summed E-state index contributed by atoms with van der Waals surface area (Å²) in [5, 5.41) is 0. The summed E-state index contributed by atoms with van der Waals surface area (Å²) in [6, 6.07) is 9.97. The predicted molar refractivity (Wildman–Crippen MR) is 102 cm³/mol. The number of allylic oxidation sites excluding steroid dienone is 2. The molecule has 1 saturated heterocycles. The van der Waals surface area contributed by atoms with Crippen LogP contribution in [0.15, 0.2) is 42.5 Å². The molecule has 1 aliphatic heterocycles. The number of hydrogen-bond donors (Lipinski definition) is 0. The first-order valence-electron chi connectivity index (χ1n) is 8.56. The monoisotopic (exact) mass is 374 g/mol. The zero-order valence-corrected chi connectivity index (χ0v) is 15.9. The fourth-order valence-electron chi connectivity index (χ4n) is 3.73. The Labute approximate surface area is 151 Å². The molecule has 1 aromatic rings. The number of rotatable bonds is 8. The van der Waals surface area contributed by atoms with Crippen molar-refractivity contribution < 1.29 is 19.0 Å². The van der Waals surface area contributed by atoms with Crippen LogP contribution in [0.2, 0.25) is 0 Å². The molecule has 1 saturated carbocycles. The van der Waals surface area contributed by atoms with Gasteiger partial charge in [-0.05, 0) is 0 Å². The molecule has 1 aliphatic carbocycles. The van der Waals surface area contributed by atoms with Crippen molar-refractivity contribution in [2.75, 3.05) is 0 Å². The second-order valence-corrected chi connectivity index (χ2v) is 9.82. The maximum absolute atomic E-state index is 12.2. The Kier molecular flexibility index (Phi) is 6.67. The summed E-state index contributed by atoms with van der Waals surface area (Å²) in [5.74, 6) is 0.309. The van der Waals surface area contributed by atoms with E-state index in [1.807, 2.05) is 36.4 Å². The van der Waals surface area contributed by atoms with Crippen molar-refractivity contribution in [3.8, 4) is 0 Å². The summed E-state index contributed by atoms with van der Waals surface area (Å²) in [6.07, 6.45) is 6.11. The fourth-order valence-corrected chi connectivity index (χ4v) is 6.69. The topological polar surface area (TPSA) is 60.4 Å². The minimum atomic E-state index is -0.136. The van der Waals surface area contributed by atoms with Crippen molar-refractivity contribution in [2.24, 2.45) is 11.8 Å². The van der Waals surface area contributed by atoms with Crippen LogP contribution in [0.3, 0.4) is 0 Å². The van der Waals surface area contributed by atoms with Crippen LogP contribution in [0.4, 0.5) is 0 Å². The number of hydrogen-bond acceptors (Lipinski definition) is 4. The van der Waals surface area contributed by atoms with Crippen molar-refractivity contribution in [1.82, 2.24) is 0 Å². The molecule has 0 amide bonds. The van der Waals surface area contributed by atoms with E-state index in [0.717, 1.165) is 25.3 Å². The van der Waals surface area contributed by atoms with Crippen molar-refractivity contribution in [2.45, 2.75) is 37.4 Å². The number of aryl methyl sites for hydroxylation is 1. The van der Waals surface area contributed by atoms with Crippen molar-refractivity contribution in [3.05, 3.63) is 48.0 Å². The molecule has 0 bridgehead atoms. The number of benzene rings is 1. The third-order valence-corrected chi connectivity index (χ3v) is 8.18. The number of carbonyl (C=O) groups is 2.